The third-order valence-corrected chi connectivity index (χ3v) is 12.7. The topological polar surface area (TPSA) is 52.0 Å². The lowest BCUT2D eigenvalue weighted by molar-refractivity contribution is 0.218. The summed E-state index contributed by atoms with van der Waals surface area (Å²) in [5.41, 5.74) is 22.5. The number of benzene rings is 4. The Morgan fingerprint density at radius 2 is 0.755 bits per heavy atom. The summed E-state index contributed by atoms with van der Waals surface area (Å²) in [7, 11) is 0. The van der Waals surface area contributed by atoms with Gasteiger partial charge in [-0.25, -0.2) is 0 Å². The van der Waals surface area contributed by atoms with Crippen molar-refractivity contribution in [2.24, 2.45) is 11.8 Å². The van der Waals surface area contributed by atoms with Crippen LogP contribution in [0.1, 0.15) is 194 Å². The average Bonchev–Trinajstić information content (AvgIpc) is 3.19. The van der Waals surface area contributed by atoms with Crippen LogP contribution in [-0.2, 0) is 0 Å². The van der Waals surface area contributed by atoms with Crippen molar-refractivity contribution in [1.29, 1.82) is 0 Å². The van der Waals surface area contributed by atoms with E-state index in [1.807, 2.05) is 0 Å². The lowest BCUT2D eigenvalue weighted by Gasteiger charge is -2.32. The van der Waals surface area contributed by atoms with Crippen LogP contribution in [-0.4, -0.2) is 0 Å². The number of hydrogen-bond donors (Lipinski definition) is 2. The Morgan fingerprint density at radius 3 is 1.11 bits per heavy atom. The molecule has 0 heterocycles. The molecule has 2 nitrogen and oxygen atoms in total. The zero-order valence-electron chi connectivity index (χ0n) is 33.7. The van der Waals surface area contributed by atoms with Crippen LogP contribution in [0.5, 0.6) is 0 Å². The van der Waals surface area contributed by atoms with Gasteiger partial charge < -0.3 is 11.5 Å². The van der Waals surface area contributed by atoms with Gasteiger partial charge in [-0.2, -0.15) is 0 Å². The smallest absolute Gasteiger partial charge is 0.0314 e. The molecular formula is C51H72N2. The average molecular weight is 713 g/mol. The van der Waals surface area contributed by atoms with E-state index in [2.05, 4.69) is 118 Å². The molecule has 0 aromatic heterocycles. The monoisotopic (exact) mass is 713 g/mol. The molecule has 0 amide bonds. The minimum absolute atomic E-state index is 0.403. The van der Waals surface area contributed by atoms with Crippen LogP contribution >= 0.6 is 0 Å². The van der Waals surface area contributed by atoms with Crippen LogP contribution in [0.25, 0.3) is 0 Å². The number of nitrogens with two attached hydrogens (primary N) is 2. The standard InChI is InChI=1S/C51H72N2/c1-4-7-9-14-19-49(45-29-34-47(52)35-30-45)41-21-25-43(26-22-41)51(38-33-39(16-6-3)40-17-12-11-13-18-40)44-27-23-42(24-28-44)50(20-15-10-8-5-2)46-31-36-48(53)37-32-46/h21-32,34-37,39-40,49-51H,4-20,33,38,52-53H2,1-3H3. The first-order chi connectivity index (χ1) is 26.0. The van der Waals surface area contributed by atoms with E-state index >= 15 is 0 Å². The van der Waals surface area contributed by atoms with E-state index in [1.165, 1.54) is 155 Å². The third-order valence-electron chi connectivity index (χ3n) is 12.7. The molecular weight excluding hydrogens is 641 g/mol. The number of hydrogen-bond acceptors (Lipinski definition) is 2. The molecule has 1 aliphatic rings. The van der Waals surface area contributed by atoms with Gasteiger partial charge in [0.25, 0.3) is 0 Å². The molecule has 4 aromatic carbocycles. The van der Waals surface area contributed by atoms with Crippen LogP contribution in [0, 0.1) is 11.8 Å². The summed E-state index contributed by atoms with van der Waals surface area (Å²) in [6.07, 6.45) is 25.0. The molecule has 1 fully saturated rings. The first-order valence-electron chi connectivity index (χ1n) is 21.9. The van der Waals surface area contributed by atoms with E-state index < -0.39 is 0 Å². The summed E-state index contributed by atoms with van der Waals surface area (Å²) in [5, 5.41) is 0. The molecule has 0 bridgehead atoms. The summed E-state index contributed by atoms with van der Waals surface area (Å²) >= 11 is 0. The van der Waals surface area contributed by atoms with E-state index in [0.29, 0.717) is 17.8 Å². The van der Waals surface area contributed by atoms with Gasteiger partial charge in [0.2, 0.25) is 0 Å². The number of rotatable bonds is 22. The van der Waals surface area contributed by atoms with E-state index in [-0.39, 0.29) is 0 Å². The fourth-order valence-electron chi connectivity index (χ4n) is 9.48. The Hall–Kier alpha value is -3.52. The van der Waals surface area contributed by atoms with Crippen molar-refractivity contribution in [3.63, 3.8) is 0 Å². The quantitative estimate of drug-likeness (QED) is 0.0629. The zero-order valence-corrected chi connectivity index (χ0v) is 33.7. The van der Waals surface area contributed by atoms with Crippen molar-refractivity contribution in [2.75, 3.05) is 11.5 Å². The Balaban J connectivity index is 1.43. The normalized spacial score (nSPS) is 15.9. The SMILES string of the molecule is CCCCCCC(c1ccc(N)cc1)c1ccc(C(CCC(CCC)C2CCCCC2)c2ccc(C(CCCCCC)c3ccc(N)cc3)cc2)cc1. The fourth-order valence-corrected chi connectivity index (χ4v) is 9.48. The molecule has 0 radical (unpaired) electrons. The maximum atomic E-state index is 6.12. The predicted molar refractivity (Wildman–Crippen MR) is 232 cm³/mol. The molecule has 0 saturated heterocycles. The first kappa shape index (κ1) is 40.7. The fraction of sp³-hybridized carbons (Fsp3) is 0.529. The van der Waals surface area contributed by atoms with Crippen molar-refractivity contribution >= 4 is 11.4 Å². The van der Waals surface area contributed by atoms with E-state index in [4.69, 9.17) is 11.5 Å². The highest BCUT2D eigenvalue weighted by atomic mass is 14.5. The van der Waals surface area contributed by atoms with Crippen LogP contribution in [0.3, 0.4) is 0 Å². The summed E-state index contributed by atoms with van der Waals surface area (Å²) in [4.78, 5) is 0. The summed E-state index contributed by atoms with van der Waals surface area (Å²) < 4.78 is 0. The largest absolute Gasteiger partial charge is 0.399 e. The van der Waals surface area contributed by atoms with Gasteiger partial charge in [-0.15, -0.1) is 0 Å². The van der Waals surface area contributed by atoms with Gasteiger partial charge >= 0.3 is 0 Å². The van der Waals surface area contributed by atoms with Gasteiger partial charge in [0.1, 0.15) is 0 Å². The maximum absolute atomic E-state index is 6.12. The van der Waals surface area contributed by atoms with E-state index in [1.54, 1.807) is 0 Å². The summed E-state index contributed by atoms with van der Waals surface area (Å²) in [6, 6.07) is 37.0. The van der Waals surface area contributed by atoms with Gasteiger partial charge in [0.15, 0.2) is 0 Å². The molecule has 3 unspecified atom stereocenters. The van der Waals surface area contributed by atoms with Crippen molar-refractivity contribution in [1.82, 2.24) is 0 Å². The van der Waals surface area contributed by atoms with E-state index in [9.17, 15) is 0 Å². The van der Waals surface area contributed by atoms with Gasteiger partial charge in [0, 0.05) is 29.1 Å². The highest BCUT2D eigenvalue weighted by molar-refractivity contribution is 5.45. The summed E-state index contributed by atoms with van der Waals surface area (Å²) in [6.45, 7) is 6.99. The predicted octanol–water partition coefficient (Wildman–Crippen LogP) is 15.0. The van der Waals surface area contributed by atoms with Crippen LogP contribution in [0.4, 0.5) is 11.4 Å². The Morgan fingerprint density at radius 1 is 0.396 bits per heavy atom. The minimum Gasteiger partial charge on any atom is -0.399 e. The van der Waals surface area contributed by atoms with Crippen molar-refractivity contribution in [2.45, 2.75) is 161 Å². The second kappa shape index (κ2) is 22.0. The van der Waals surface area contributed by atoms with Gasteiger partial charge in [-0.1, -0.05) is 190 Å². The Bertz CT molecular complexity index is 1440. The van der Waals surface area contributed by atoms with Crippen LogP contribution in [0.2, 0.25) is 0 Å². The molecule has 3 atom stereocenters. The molecule has 4 N–H and O–H groups in total. The zero-order chi connectivity index (χ0) is 37.3. The van der Waals surface area contributed by atoms with Crippen molar-refractivity contribution < 1.29 is 0 Å². The van der Waals surface area contributed by atoms with E-state index in [0.717, 1.165) is 23.2 Å². The highest BCUT2D eigenvalue weighted by Gasteiger charge is 2.26. The second-order valence-electron chi connectivity index (χ2n) is 16.5. The first-order valence-corrected chi connectivity index (χ1v) is 21.9. The van der Waals surface area contributed by atoms with Crippen molar-refractivity contribution in [3.05, 3.63) is 130 Å². The lowest BCUT2D eigenvalue weighted by atomic mass is 9.74. The van der Waals surface area contributed by atoms with Crippen LogP contribution < -0.4 is 11.5 Å². The van der Waals surface area contributed by atoms with Crippen LogP contribution in [0.15, 0.2) is 97.1 Å². The summed E-state index contributed by atoms with van der Waals surface area (Å²) in [5.74, 6) is 2.97. The number of unbranched alkanes of at least 4 members (excludes halogenated alkanes) is 6. The minimum atomic E-state index is 0.403. The Kier molecular flexibility index (Phi) is 16.9. The van der Waals surface area contributed by atoms with Gasteiger partial charge in [-0.3, -0.25) is 0 Å². The Labute approximate surface area is 324 Å². The molecule has 286 valence electrons. The third kappa shape index (κ3) is 12.2. The number of anilines is 2. The number of nitrogen functional groups attached to an aromatic ring is 2. The lowest BCUT2D eigenvalue weighted by Crippen LogP contribution is -2.19. The molecule has 1 aliphatic carbocycles. The molecule has 1 saturated carbocycles. The maximum Gasteiger partial charge on any atom is 0.0314 e. The van der Waals surface area contributed by atoms with Gasteiger partial charge in [0.05, 0.1) is 0 Å². The molecule has 4 aromatic rings. The molecule has 5 rings (SSSR count). The molecule has 0 spiro atoms. The second-order valence-corrected chi connectivity index (χ2v) is 16.5. The molecule has 53 heavy (non-hydrogen) atoms. The van der Waals surface area contributed by atoms with Gasteiger partial charge in [-0.05, 0) is 95.2 Å². The van der Waals surface area contributed by atoms with Crippen molar-refractivity contribution in [3.8, 4) is 0 Å². The molecule has 2 heteroatoms. The highest BCUT2D eigenvalue weighted by Crippen LogP contribution is 2.40. The molecule has 0 aliphatic heterocycles.